The van der Waals surface area contributed by atoms with Crippen molar-refractivity contribution < 1.29 is 14.1 Å². The number of hydrogen-bond acceptors (Lipinski definition) is 5. The molecule has 0 saturated carbocycles. The van der Waals surface area contributed by atoms with Crippen LogP contribution in [0.1, 0.15) is 41.4 Å². The van der Waals surface area contributed by atoms with Gasteiger partial charge < -0.3 is 14.6 Å². The highest BCUT2D eigenvalue weighted by Crippen LogP contribution is 2.26. The number of nitrogens with zero attached hydrogens (tertiary/aromatic N) is 2. The number of amides is 1. The lowest BCUT2D eigenvalue weighted by Gasteiger charge is -2.35. The number of carbonyl (C=O) groups is 1. The first-order valence-electron chi connectivity index (χ1n) is 10.5. The van der Waals surface area contributed by atoms with Gasteiger partial charge in [0.15, 0.2) is 11.5 Å². The van der Waals surface area contributed by atoms with Crippen LogP contribution in [0.2, 0.25) is 0 Å². The second kappa shape index (κ2) is 10.1. The number of nitrogens with one attached hydrogen (secondary N) is 1. The minimum atomic E-state index is -0.234. The number of methoxy groups -OCH3 is 1. The molecule has 4 rings (SSSR count). The molecule has 1 saturated heterocycles. The highest BCUT2D eigenvalue weighted by molar-refractivity contribution is 9.10. The number of piperidine rings is 1. The molecule has 1 amide bonds. The summed E-state index contributed by atoms with van der Waals surface area (Å²) >= 11 is 3.42. The number of aromatic nitrogens is 1. The van der Waals surface area contributed by atoms with Crippen molar-refractivity contribution in [2.24, 2.45) is 0 Å². The van der Waals surface area contributed by atoms with Gasteiger partial charge in [0.2, 0.25) is 0 Å². The van der Waals surface area contributed by atoms with Crippen LogP contribution in [0.5, 0.6) is 5.75 Å². The first-order valence-corrected chi connectivity index (χ1v) is 11.3. The van der Waals surface area contributed by atoms with E-state index in [-0.39, 0.29) is 17.6 Å². The van der Waals surface area contributed by atoms with Crippen molar-refractivity contribution in [1.82, 2.24) is 15.4 Å². The molecule has 6 nitrogen and oxygen atoms in total. The maximum Gasteiger partial charge on any atom is 0.273 e. The lowest BCUT2D eigenvalue weighted by atomic mass is 10.0. The fourth-order valence-corrected chi connectivity index (χ4v) is 4.19. The van der Waals surface area contributed by atoms with E-state index >= 15 is 0 Å². The smallest absolute Gasteiger partial charge is 0.273 e. The summed E-state index contributed by atoms with van der Waals surface area (Å²) in [5.74, 6) is 1.16. The van der Waals surface area contributed by atoms with Gasteiger partial charge >= 0.3 is 0 Å². The third-order valence-electron chi connectivity index (χ3n) is 5.66. The van der Waals surface area contributed by atoms with Crippen molar-refractivity contribution in [3.8, 4) is 17.1 Å². The number of benzene rings is 2. The average Bonchev–Trinajstić information content (AvgIpc) is 3.31. The Hall–Kier alpha value is -2.64. The minimum absolute atomic E-state index is 0.105. The molecule has 1 fully saturated rings. The molecule has 31 heavy (non-hydrogen) atoms. The number of hydrogen-bond donors (Lipinski definition) is 1. The van der Waals surface area contributed by atoms with Gasteiger partial charge in [-0.05, 0) is 55.8 Å². The average molecular weight is 484 g/mol. The Kier molecular flexibility index (Phi) is 7.04. The van der Waals surface area contributed by atoms with Gasteiger partial charge in [-0.3, -0.25) is 9.69 Å². The Bertz CT molecular complexity index is 996. The van der Waals surface area contributed by atoms with Crippen LogP contribution in [0.15, 0.2) is 63.6 Å². The van der Waals surface area contributed by atoms with Crippen LogP contribution in [0.4, 0.5) is 0 Å². The van der Waals surface area contributed by atoms with E-state index in [2.05, 4.69) is 43.4 Å². The normalized spacial score (nSPS) is 15.4. The van der Waals surface area contributed by atoms with Crippen molar-refractivity contribution in [3.05, 3.63) is 70.3 Å². The molecule has 3 aromatic rings. The third kappa shape index (κ3) is 5.35. The first-order chi connectivity index (χ1) is 15.1. The van der Waals surface area contributed by atoms with Crippen LogP contribution in [-0.2, 0) is 0 Å². The molecule has 0 radical (unpaired) electrons. The summed E-state index contributed by atoms with van der Waals surface area (Å²) in [7, 11) is 1.66. The summed E-state index contributed by atoms with van der Waals surface area (Å²) in [6.45, 7) is 2.57. The van der Waals surface area contributed by atoms with E-state index in [9.17, 15) is 4.79 Å². The van der Waals surface area contributed by atoms with Crippen LogP contribution < -0.4 is 10.1 Å². The SMILES string of the molecule is COc1ccc([C@H](CNC(=O)c2cc(-c3ccc(Br)cc3)on2)N2CCCCC2)cc1. The molecule has 2 heterocycles. The van der Waals surface area contributed by atoms with E-state index in [0.29, 0.717) is 12.3 Å². The van der Waals surface area contributed by atoms with Crippen molar-refractivity contribution in [2.75, 3.05) is 26.7 Å². The van der Waals surface area contributed by atoms with Gasteiger partial charge in [-0.1, -0.05) is 51.8 Å². The van der Waals surface area contributed by atoms with Crippen LogP contribution >= 0.6 is 15.9 Å². The molecular weight excluding hydrogens is 458 g/mol. The molecule has 1 atom stereocenters. The standard InChI is InChI=1S/C24H26BrN3O3/c1-30-20-11-7-17(8-12-20)22(28-13-3-2-4-14-28)16-26-24(29)21-15-23(31-27-21)18-5-9-19(25)10-6-18/h5-12,15,22H,2-4,13-14,16H2,1H3,(H,26,29)/t22-/m0/s1. The summed E-state index contributed by atoms with van der Waals surface area (Å²) in [6, 6.07) is 17.6. The van der Waals surface area contributed by atoms with Crippen molar-refractivity contribution >= 4 is 21.8 Å². The van der Waals surface area contributed by atoms with Crippen LogP contribution in [0.25, 0.3) is 11.3 Å². The molecule has 1 aliphatic rings. The molecule has 7 heteroatoms. The zero-order valence-corrected chi connectivity index (χ0v) is 19.1. The molecule has 1 aromatic heterocycles. The second-order valence-corrected chi connectivity index (χ2v) is 8.59. The van der Waals surface area contributed by atoms with E-state index in [1.54, 1.807) is 13.2 Å². The molecule has 1 aliphatic heterocycles. The third-order valence-corrected chi connectivity index (χ3v) is 6.19. The number of likely N-dealkylation sites (tertiary alicyclic amines) is 1. The van der Waals surface area contributed by atoms with E-state index < -0.39 is 0 Å². The number of carbonyl (C=O) groups excluding carboxylic acids is 1. The number of rotatable bonds is 7. The summed E-state index contributed by atoms with van der Waals surface area (Å²) in [4.78, 5) is 15.2. The van der Waals surface area contributed by atoms with E-state index in [0.717, 1.165) is 28.9 Å². The Balaban J connectivity index is 1.46. The van der Waals surface area contributed by atoms with Crippen molar-refractivity contribution in [1.29, 1.82) is 0 Å². The Morgan fingerprint density at radius 2 is 1.84 bits per heavy atom. The fourth-order valence-electron chi connectivity index (χ4n) is 3.93. The van der Waals surface area contributed by atoms with Crippen molar-refractivity contribution in [3.63, 3.8) is 0 Å². The molecule has 1 N–H and O–H groups in total. The Morgan fingerprint density at radius 1 is 1.13 bits per heavy atom. The topological polar surface area (TPSA) is 67.6 Å². The minimum Gasteiger partial charge on any atom is -0.497 e. The maximum atomic E-state index is 12.8. The molecule has 0 spiro atoms. The quantitative estimate of drug-likeness (QED) is 0.507. The summed E-state index contributed by atoms with van der Waals surface area (Å²) in [5, 5.41) is 7.03. The first kappa shape index (κ1) is 21.6. The number of ether oxygens (including phenoxy) is 1. The van der Waals surface area contributed by atoms with Gasteiger partial charge in [0.25, 0.3) is 5.91 Å². The molecule has 0 bridgehead atoms. The van der Waals surface area contributed by atoms with E-state index in [1.165, 1.54) is 24.8 Å². The second-order valence-electron chi connectivity index (χ2n) is 7.68. The highest BCUT2D eigenvalue weighted by atomic mass is 79.9. The highest BCUT2D eigenvalue weighted by Gasteiger charge is 2.24. The van der Waals surface area contributed by atoms with Gasteiger partial charge in [-0.15, -0.1) is 0 Å². The molecule has 2 aromatic carbocycles. The van der Waals surface area contributed by atoms with Crippen molar-refractivity contribution in [2.45, 2.75) is 25.3 Å². The zero-order valence-electron chi connectivity index (χ0n) is 17.5. The van der Waals surface area contributed by atoms with Gasteiger partial charge in [0.05, 0.1) is 13.2 Å². The lowest BCUT2D eigenvalue weighted by Crippen LogP contribution is -2.40. The van der Waals surface area contributed by atoms with Gasteiger partial charge in [0.1, 0.15) is 5.75 Å². The Morgan fingerprint density at radius 3 is 2.52 bits per heavy atom. The van der Waals surface area contributed by atoms with Gasteiger partial charge in [0, 0.05) is 22.6 Å². The largest absolute Gasteiger partial charge is 0.497 e. The van der Waals surface area contributed by atoms with Crippen LogP contribution in [0, 0.1) is 0 Å². The molecule has 0 aliphatic carbocycles. The van der Waals surface area contributed by atoms with Crippen LogP contribution in [0.3, 0.4) is 0 Å². The molecule has 0 unspecified atom stereocenters. The van der Waals surface area contributed by atoms with E-state index in [1.807, 2.05) is 36.4 Å². The zero-order chi connectivity index (χ0) is 21.6. The van der Waals surface area contributed by atoms with Gasteiger partial charge in [-0.25, -0.2) is 0 Å². The fraction of sp³-hybridized carbons (Fsp3) is 0.333. The maximum absolute atomic E-state index is 12.8. The predicted molar refractivity (Wildman–Crippen MR) is 123 cm³/mol. The predicted octanol–water partition coefficient (Wildman–Crippen LogP) is 5.07. The molecule has 162 valence electrons. The number of halogens is 1. The summed E-state index contributed by atoms with van der Waals surface area (Å²) in [5.41, 5.74) is 2.32. The van der Waals surface area contributed by atoms with Crippen LogP contribution in [-0.4, -0.2) is 42.7 Å². The van der Waals surface area contributed by atoms with Gasteiger partial charge in [-0.2, -0.15) is 0 Å². The summed E-state index contributed by atoms with van der Waals surface area (Å²) in [6.07, 6.45) is 3.62. The monoisotopic (exact) mass is 483 g/mol. The lowest BCUT2D eigenvalue weighted by molar-refractivity contribution is 0.0915. The Labute approximate surface area is 190 Å². The summed E-state index contributed by atoms with van der Waals surface area (Å²) < 4.78 is 11.7. The van der Waals surface area contributed by atoms with E-state index in [4.69, 9.17) is 9.26 Å². The molecular formula is C24H26BrN3O3.